The summed E-state index contributed by atoms with van der Waals surface area (Å²) in [7, 11) is 0. The van der Waals surface area contributed by atoms with Gasteiger partial charge < -0.3 is 5.32 Å². The molecule has 0 saturated carbocycles. The maximum atomic E-state index is 3.83. The minimum Gasteiger partial charge on any atom is -0.317 e. The summed E-state index contributed by atoms with van der Waals surface area (Å²) in [6.07, 6.45) is 3.81. The number of rotatable bonds is 2. The summed E-state index contributed by atoms with van der Waals surface area (Å²) in [6.45, 7) is 9.15. The van der Waals surface area contributed by atoms with Crippen molar-refractivity contribution in [3.05, 3.63) is 35.4 Å². The first-order chi connectivity index (χ1) is 9.50. The van der Waals surface area contributed by atoms with E-state index >= 15 is 0 Å². The second-order valence-corrected chi connectivity index (χ2v) is 8.92. The molecule has 110 valence electrons. The molecule has 1 aliphatic heterocycles. The molecule has 1 aromatic rings. The Morgan fingerprint density at radius 3 is 2.60 bits per heavy atom. The van der Waals surface area contributed by atoms with Crippen LogP contribution in [-0.4, -0.2) is 17.8 Å². The summed E-state index contributed by atoms with van der Waals surface area (Å²) < 4.78 is 4.08. The van der Waals surface area contributed by atoms with Crippen molar-refractivity contribution in [3.63, 3.8) is 0 Å². The van der Waals surface area contributed by atoms with E-state index in [4.69, 9.17) is 0 Å². The van der Waals surface area contributed by atoms with Crippen LogP contribution in [0.1, 0.15) is 50.8 Å². The Labute approximate surface area is 127 Å². The van der Waals surface area contributed by atoms with Crippen molar-refractivity contribution in [2.24, 2.45) is 5.41 Å². The number of hydrogen-bond acceptors (Lipinski definition) is 3. The topological polar surface area (TPSA) is 24.1 Å². The van der Waals surface area contributed by atoms with Gasteiger partial charge in [0.2, 0.25) is 0 Å². The van der Waals surface area contributed by atoms with E-state index in [2.05, 4.69) is 55.1 Å². The fraction of sp³-hybridized carbons (Fsp3) is 0.647. The summed E-state index contributed by atoms with van der Waals surface area (Å²) in [5.74, 6) is 0. The van der Waals surface area contributed by atoms with Gasteiger partial charge in [-0.15, -0.1) is 0 Å². The monoisotopic (exact) mass is 290 g/mol. The summed E-state index contributed by atoms with van der Waals surface area (Å²) >= 11 is 1.89. The van der Waals surface area contributed by atoms with Crippen molar-refractivity contribution in [2.75, 3.05) is 13.1 Å². The molecule has 1 fully saturated rings. The molecular weight excluding hydrogens is 264 g/mol. The lowest BCUT2D eigenvalue weighted by atomic mass is 9.73. The van der Waals surface area contributed by atoms with Crippen LogP contribution in [0.2, 0.25) is 0 Å². The van der Waals surface area contributed by atoms with Crippen LogP contribution in [0.4, 0.5) is 0 Å². The zero-order chi connectivity index (χ0) is 14.2. The predicted octanol–water partition coefficient (Wildman–Crippen LogP) is 3.69. The molecule has 2 nitrogen and oxygen atoms in total. The van der Waals surface area contributed by atoms with Crippen LogP contribution >= 0.6 is 11.9 Å². The van der Waals surface area contributed by atoms with E-state index in [1.807, 2.05) is 11.9 Å². The average Bonchev–Trinajstić information content (AvgIpc) is 2.69. The van der Waals surface area contributed by atoms with Gasteiger partial charge in [-0.1, -0.05) is 36.2 Å². The molecule has 3 rings (SSSR count). The van der Waals surface area contributed by atoms with Crippen molar-refractivity contribution in [1.29, 1.82) is 0 Å². The lowest BCUT2D eigenvalue weighted by molar-refractivity contribution is 0.166. The van der Waals surface area contributed by atoms with E-state index in [-0.39, 0.29) is 4.75 Å². The van der Waals surface area contributed by atoms with Gasteiger partial charge in [0, 0.05) is 10.8 Å². The minimum atomic E-state index is 0.256. The van der Waals surface area contributed by atoms with E-state index in [0.29, 0.717) is 11.5 Å². The van der Waals surface area contributed by atoms with Crippen molar-refractivity contribution < 1.29 is 0 Å². The summed E-state index contributed by atoms with van der Waals surface area (Å²) in [4.78, 5) is 0. The Kier molecular flexibility index (Phi) is 3.87. The van der Waals surface area contributed by atoms with Crippen LogP contribution in [0.5, 0.6) is 0 Å². The molecule has 0 aromatic heterocycles. The molecule has 3 heteroatoms. The van der Waals surface area contributed by atoms with E-state index in [9.17, 15) is 0 Å². The van der Waals surface area contributed by atoms with Gasteiger partial charge in [-0.2, -0.15) is 0 Å². The first kappa shape index (κ1) is 14.4. The second-order valence-electron chi connectivity index (χ2n) is 7.25. The summed E-state index contributed by atoms with van der Waals surface area (Å²) in [5, 5.41) is 3.52. The third-order valence-corrected chi connectivity index (χ3v) is 5.57. The Bertz CT molecular complexity index is 472. The van der Waals surface area contributed by atoms with Crippen molar-refractivity contribution >= 4 is 11.9 Å². The van der Waals surface area contributed by atoms with Crippen LogP contribution in [0.3, 0.4) is 0 Å². The van der Waals surface area contributed by atoms with E-state index in [0.717, 1.165) is 13.1 Å². The number of benzene rings is 1. The predicted molar refractivity (Wildman–Crippen MR) is 87.9 cm³/mol. The molecule has 0 bridgehead atoms. The lowest BCUT2D eigenvalue weighted by Gasteiger charge is -2.40. The Balaban J connectivity index is 1.87. The van der Waals surface area contributed by atoms with Crippen LogP contribution in [0.15, 0.2) is 24.3 Å². The fourth-order valence-electron chi connectivity index (χ4n) is 3.60. The number of fused-ring (bicyclic) bond motifs is 1. The van der Waals surface area contributed by atoms with Gasteiger partial charge in [-0.25, -0.2) is 0 Å². The average molecular weight is 290 g/mol. The SMILES string of the molecule is CC(C)(C)SN[C@@H]1c2ccccc2CC12CCNCC2. The van der Waals surface area contributed by atoms with Gasteiger partial charge in [-0.05, 0) is 69.7 Å². The Morgan fingerprint density at radius 1 is 1.20 bits per heavy atom. The molecule has 2 aliphatic rings. The van der Waals surface area contributed by atoms with Crippen LogP contribution < -0.4 is 10.0 Å². The molecule has 0 amide bonds. The molecular formula is C17H26N2S. The highest BCUT2D eigenvalue weighted by Crippen LogP contribution is 2.52. The van der Waals surface area contributed by atoms with Crippen molar-refractivity contribution in [2.45, 2.75) is 50.8 Å². The smallest absolute Gasteiger partial charge is 0.0484 e. The quantitative estimate of drug-likeness (QED) is 0.812. The standard InChI is InChI=1S/C17H26N2S/c1-16(2,3)20-19-15-14-7-5-4-6-13(14)12-17(15)8-10-18-11-9-17/h4-7,15,18-19H,8-12H2,1-3H3/t15-/m1/s1. The molecule has 1 aromatic carbocycles. The van der Waals surface area contributed by atoms with E-state index in [1.165, 1.54) is 24.8 Å². The third-order valence-electron chi connectivity index (χ3n) is 4.60. The maximum absolute atomic E-state index is 3.83. The molecule has 1 aliphatic carbocycles. The Hall–Kier alpha value is -0.510. The first-order valence-electron chi connectivity index (χ1n) is 7.72. The molecule has 0 radical (unpaired) electrons. The summed E-state index contributed by atoms with van der Waals surface area (Å²) in [5.41, 5.74) is 3.51. The Morgan fingerprint density at radius 2 is 1.90 bits per heavy atom. The van der Waals surface area contributed by atoms with Crippen LogP contribution in [0.25, 0.3) is 0 Å². The largest absolute Gasteiger partial charge is 0.317 e. The summed E-state index contributed by atoms with van der Waals surface area (Å²) in [6, 6.07) is 9.53. The van der Waals surface area contributed by atoms with Crippen molar-refractivity contribution in [1.82, 2.24) is 10.0 Å². The van der Waals surface area contributed by atoms with Gasteiger partial charge in [-0.3, -0.25) is 4.72 Å². The highest BCUT2D eigenvalue weighted by molar-refractivity contribution is 7.98. The molecule has 1 spiro atoms. The van der Waals surface area contributed by atoms with E-state index in [1.54, 1.807) is 5.56 Å². The van der Waals surface area contributed by atoms with E-state index < -0.39 is 0 Å². The zero-order valence-electron chi connectivity index (χ0n) is 12.8. The molecule has 20 heavy (non-hydrogen) atoms. The highest BCUT2D eigenvalue weighted by atomic mass is 32.2. The number of nitrogens with one attached hydrogen (secondary N) is 2. The van der Waals surface area contributed by atoms with Gasteiger partial charge in [0.15, 0.2) is 0 Å². The molecule has 2 N–H and O–H groups in total. The van der Waals surface area contributed by atoms with Gasteiger partial charge in [0.1, 0.15) is 0 Å². The normalized spacial score (nSPS) is 24.9. The molecule has 0 unspecified atom stereocenters. The molecule has 1 saturated heterocycles. The highest BCUT2D eigenvalue weighted by Gasteiger charge is 2.46. The molecule has 1 atom stereocenters. The minimum absolute atomic E-state index is 0.256. The lowest BCUT2D eigenvalue weighted by Crippen LogP contribution is -2.43. The second kappa shape index (κ2) is 5.36. The van der Waals surface area contributed by atoms with Crippen molar-refractivity contribution in [3.8, 4) is 0 Å². The van der Waals surface area contributed by atoms with Gasteiger partial charge in [0.05, 0.1) is 0 Å². The maximum Gasteiger partial charge on any atom is 0.0484 e. The zero-order valence-corrected chi connectivity index (χ0v) is 13.6. The van der Waals surface area contributed by atoms with Crippen LogP contribution in [0, 0.1) is 5.41 Å². The number of hydrogen-bond donors (Lipinski definition) is 2. The van der Waals surface area contributed by atoms with Gasteiger partial charge >= 0.3 is 0 Å². The fourth-order valence-corrected chi connectivity index (χ4v) is 4.45. The van der Waals surface area contributed by atoms with Crippen LogP contribution in [-0.2, 0) is 6.42 Å². The number of piperidine rings is 1. The third kappa shape index (κ3) is 2.76. The first-order valence-corrected chi connectivity index (χ1v) is 8.54. The molecule has 1 heterocycles. The van der Waals surface area contributed by atoms with Gasteiger partial charge in [0.25, 0.3) is 0 Å².